The topological polar surface area (TPSA) is 72.5 Å². The number of ether oxygens (including phenoxy) is 1. The highest BCUT2D eigenvalue weighted by Crippen LogP contribution is 2.24. The van der Waals surface area contributed by atoms with Crippen molar-refractivity contribution in [1.29, 1.82) is 0 Å². The van der Waals surface area contributed by atoms with Crippen LogP contribution in [0.5, 0.6) is 0 Å². The fourth-order valence-corrected chi connectivity index (χ4v) is 3.16. The van der Waals surface area contributed by atoms with Crippen LogP contribution >= 0.6 is 0 Å². The molecule has 1 aliphatic heterocycles. The van der Waals surface area contributed by atoms with Crippen LogP contribution in [0.1, 0.15) is 11.1 Å². The van der Waals surface area contributed by atoms with Crippen molar-refractivity contribution in [2.75, 3.05) is 13.4 Å². The number of hydrogen-bond donors (Lipinski definition) is 1. The molecule has 0 amide bonds. The van der Waals surface area contributed by atoms with Gasteiger partial charge in [-0.2, -0.15) is 0 Å². The number of fused-ring (bicyclic) bond motifs is 1. The maximum absolute atomic E-state index is 11.7. The van der Waals surface area contributed by atoms with Crippen LogP contribution in [0, 0.1) is 0 Å². The second-order valence-electron chi connectivity index (χ2n) is 4.33. The molecule has 0 aliphatic carbocycles. The molecule has 2 rings (SSSR count). The van der Waals surface area contributed by atoms with Crippen LogP contribution in [-0.2, 0) is 32.3 Å². The van der Waals surface area contributed by atoms with Gasteiger partial charge in [0.1, 0.15) is 6.04 Å². The van der Waals surface area contributed by atoms with Crippen LogP contribution in [0.15, 0.2) is 23.1 Å². The Kier molecular flexibility index (Phi) is 3.41. The number of rotatable bonds is 2. The molecule has 1 unspecified atom stereocenters. The molecule has 1 atom stereocenters. The summed E-state index contributed by atoms with van der Waals surface area (Å²) < 4.78 is 28.1. The van der Waals surface area contributed by atoms with Gasteiger partial charge >= 0.3 is 5.97 Å². The molecule has 5 nitrogen and oxygen atoms in total. The van der Waals surface area contributed by atoms with Crippen molar-refractivity contribution in [3.63, 3.8) is 0 Å². The fraction of sp³-hybridized carbons (Fsp3) is 0.417. The van der Waals surface area contributed by atoms with E-state index < -0.39 is 15.9 Å². The largest absolute Gasteiger partial charge is 0.468 e. The van der Waals surface area contributed by atoms with Gasteiger partial charge in [-0.05, 0) is 17.2 Å². The van der Waals surface area contributed by atoms with E-state index in [0.717, 1.165) is 5.56 Å². The van der Waals surface area contributed by atoms with Crippen LogP contribution in [0.2, 0.25) is 0 Å². The third-order valence-electron chi connectivity index (χ3n) is 3.06. The Bertz CT molecular complexity index is 580. The molecule has 1 aromatic rings. The van der Waals surface area contributed by atoms with Gasteiger partial charge in [0, 0.05) is 19.2 Å². The number of esters is 1. The van der Waals surface area contributed by atoms with Crippen LogP contribution in [0.3, 0.4) is 0 Å². The quantitative estimate of drug-likeness (QED) is 0.781. The second-order valence-corrected chi connectivity index (χ2v) is 6.31. The summed E-state index contributed by atoms with van der Waals surface area (Å²) in [6.45, 7) is 0.471. The van der Waals surface area contributed by atoms with E-state index in [1.165, 1.54) is 13.4 Å². The van der Waals surface area contributed by atoms with Crippen LogP contribution in [-0.4, -0.2) is 33.8 Å². The monoisotopic (exact) mass is 269 g/mol. The third-order valence-corrected chi connectivity index (χ3v) is 4.24. The number of carbonyl (C=O) groups excluding carboxylic acids is 1. The van der Waals surface area contributed by atoms with Gasteiger partial charge in [0.15, 0.2) is 9.84 Å². The molecular weight excluding hydrogens is 254 g/mol. The molecule has 1 N–H and O–H groups in total. The van der Waals surface area contributed by atoms with Gasteiger partial charge in [0.05, 0.1) is 12.0 Å². The molecule has 0 spiro atoms. The van der Waals surface area contributed by atoms with E-state index in [9.17, 15) is 13.2 Å². The molecule has 0 bridgehead atoms. The van der Waals surface area contributed by atoms with E-state index in [0.29, 0.717) is 23.4 Å². The van der Waals surface area contributed by atoms with Gasteiger partial charge in [-0.25, -0.2) is 8.42 Å². The summed E-state index contributed by atoms with van der Waals surface area (Å²) in [5.41, 5.74) is 1.63. The molecule has 1 aliphatic rings. The van der Waals surface area contributed by atoms with E-state index in [1.807, 2.05) is 6.07 Å². The first-order chi connectivity index (χ1) is 8.43. The van der Waals surface area contributed by atoms with Crippen LogP contribution in [0.4, 0.5) is 0 Å². The Labute approximate surface area is 106 Å². The lowest BCUT2D eigenvalue weighted by molar-refractivity contribution is -0.143. The lowest BCUT2D eigenvalue weighted by Crippen LogP contribution is -2.42. The van der Waals surface area contributed by atoms with Gasteiger partial charge in [-0.15, -0.1) is 0 Å². The number of hydrogen-bond acceptors (Lipinski definition) is 5. The standard InChI is InChI=1S/C12H15NO4S/c1-17-12(14)10-6-9-8(7-13-10)4-3-5-11(9)18(2,15)16/h3-5,10,13H,6-7H2,1-2H3. The van der Waals surface area contributed by atoms with Gasteiger partial charge in [0.2, 0.25) is 0 Å². The van der Waals surface area contributed by atoms with E-state index in [2.05, 4.69) is 10.1 Å². The minimum absolute atomic E-state index is 0.301. The number of nitrogens with one attached hydrogen (secondary N) is 1. The Morgan fingerprint density at radius 1 is 1.44 bits per heavy atom. The second kappa shape index (κ2) is 4.70. The number of benzene rings is 1. The van der Waals surface area contributed by atoms with E-state index in [1.54, 1.807) is 12.1 Å². The Morgan fingerprint density at radius 3 is 2.78 bits per heavy atom. The highest BCUT2D eigenvalue weighted by molar-refractivity contribution is 7.90. The normalized spacial score (nSPS) is 19.1. The average Bonchev–Trinajstić information content (AvgIpc) is 2.35. The summed E-state index contributed by atoms with van der Waals surface area (Å²) in [4.78, 5) is 11.8. The first kappa shape index (κ1) is 13.0. The minimum atomic E-state index is -3.28. The lowest BCUT2D eigenvalue weighted by atomic mass is 9.96. The summed E-state index contributed by atoms with van der Waals surface area (Å²) in [6, 6.07) is 4.68. The zero-order valence-electron chi connectivity index (χ0n) is 10.3. The molecule has 1 heterocycles. The smallest absolute Gasteiger partial charge is 0.323 e. The van der Waals surface area contributed by atoms with Crippen molar-refractivity contribution >= 4 is 15.8 Å². The van der Waals surface area contributed by atoms with E-state index >= 15 is 0 Å². The highest BCUT2D eigenvalue weighted by atomic mass is 32.2. The first-order valence-corrected chi connectivity index (χ1v) is 7.44. The number of carbonyl (C=O) groups is 1. The van der Waals surface area contributed by atoms with Crippen molar-refractivity contribution in [1.82, 2.24) is 5.32 Å². The lowest BCUT2D eigenvalue weighted by Gasteiger charge is -2.25. The van der Waals surface area contributed by atoms with E-state index in [4.69, 9.17) is 0 Å². The molecule has 98 valence electrons. The van der Waals surface area contributed by atoms with Gasteiger partial charge in [0.25, 0.3) is 0 Å². The fourth-order valence-electron chi connectivity index (χ4n) is 2.17. The van der Waals surface area contributed by atoms with Crippen molar-refractivity contribution in [3.8, 4) is 0 Å². The summed E-state index contributed by atoms with van der Waals surface area (Å²) in [7, 11) is -1.96. The summed E-state index contributed by atoms with van der Waals surface area (Å²) in [5.74, 6) is -0.371. The molecule has 6 heteroatoms. The average molecular weight is 269 g/mol. The molecule has 1 aromatic carbocycles. The highest BCUT2D eigenvalue weighted by Gasteiger charge is 2.28. The minimum Gasteiger partial charge on any atom is -0.468 e. The summed E-state index contributed by atoms with van der Waals surface area (Å²) >= 11 is 0. The summed E-state index contributed by atoms with van der Waals surface area (Å²) in [5, 5.41) is 3.04. The Morgan fingerprint density at radius 2 is 2.17 bits per heavy atom. The van der Waals surface area contributed by atoms with Crippen LogP contribution < -0.4 is 5.32 Å². The predicted octanol–water partition coefficient (Wildman–Crippen LogP) is 0.277. The summed E-state index contributed by atoms with van der Waals surface area (Å²) in [6.07, 6.45) is 1.52. The number of methoxy groups -OCH3 is 1. The van der Waals surface area contributed by atoms with Gasteiger partial charge in [-0.3, -0.25) is 4.79 Å². The molecule has 0 fully saturated rings. The first-order valence-electron chi connectivity index (χ1n) is 5.55. The zero-order valence-corrected chi connectivity index (χ0v) is 11.1. The molecule has 0 aromatic heterocycles. The predicted molar refractivity (Wildman–Crippen MR) is 65.9 cm³/mol. The van der Waals surface area contributed by atoms with Gasteiger partial charge < -0.3 is 10.1 Å². The maximum Gasteiger partial charge on any atom is 0.323 e. The molecule has 18 heavy (non-hydrogen) atoms. The third kappa shape index (κ3) is 2.39. The number of sulfone groups is 1. The molecule has 0 saturated carbocycles. The van der Waals surface area contributed by atoms with Crippen molar-refractivity contribution in [2.24, 2.45) is 0 Å². The zero-order chi connectivity index (χ0) is 13.3. The Balaban J connectivity index is 2.44. The van der Waals surface area contributed by atoms with Crippen molar-refractivity contribution in [2.45, 2.75) is 23.9 Å². The van der Waals surface area contributed by atoms with E-state index in [-0.39, 0.29) is 5.97 Å². The SMILES string of the molecule is COC(=O)C1Cc2c(cccc2S(C)(=O)=O)CN1. The van der Waals surface area contributed by atoms with Gasteiger partial charge in [-0.1, -0.05) is 12.1 Å². The molecular formula is C12H15NO4S. The molecule has 0 saturated heterocycles. The maximum atomic E-state index is 11.7. The van der Waals surface area contributed by atoms with Crippen molar-refractivity contribution in [3.05, 3.63) is 29.3 Å². The molecule has 0 radical (unpaired) electrons. The van der Waals surface area contributed by atoms with Crippen LogP contribution in [0.25, 0.3) is 0 Å². The Hall–Kier alpha value is -1.40. The van der Waals surface area contributed by atoms with Crippen molar-refractivity contribution < 1.29 is 17.9 Å².